The van der Waals surface area contributed by atoms with Gasteiger partial charge in [-0.1, -0.05) is 117 Å². The normalized spacial score (nSPS) is 12.0. The highest BCUT2D eigenvalue weighted by molar-refractivity contribution is 4.82. The third kappa shape index (κ3) is 15.2. The van der Waals surface area contributed by atoms with Gasteiger partial charge in [0, 0.05) is 5.54 Å². The van der Waals surface area contributed by atoms with Crippen molar-refractivity contribution in [3.63, 3.8) is 0 Å². The van der Waals surface area contributed by atoms with E-state index in [1.165, 1.54) is 116 Å². The molecular weight excluding hydrogens is 278 g/mol. The van der Waals surface area contributed by atoms with E-state index in [0.717, 1.165) is 0 Å². The van der Waals surface area contributed by atoms with Gasteiger partial charge in [0.25, 0.3) is 0 Å². The molecule has 0 fully saturated rings. The monoisotopic (exact) mass is 325 g/mol. The van der Waals surface area contributed by atoms with E-state index in [2.05, 4.69) is 20.8 Å². The molecule has 0 heterocycles. The first-order valence-electron chi connectivity index (χ1n) is 11.0. The topological polar surface area (TPSA) is 26.0 Å². The molecule has 0 saturated carbocycles. The molecule has 0 atom stereocenters. The van der Waals surface area contributed by atoms with E-state index in [1.807, 2.05) is 0 Å². The van der Waals surface area contributed by atoms with E-state index in [1.54, 1.807) is 0 Å². The molecule has 0 unspecified atom stereocenters. The number of rotatable bonds is 18. The number of hydrogen-bond acceptors (Lipinski definition) is 1. The molecule has 0 aromatic carbocycles. The molecule has 0 aromatic heterocycles. The van der Waals surface area contributed by atoms with Gasteiger partial charge in [0.15, 0.2) is 0 Å². The number of unbranched alkanes of at least 4 members (excludes halogenated alkanes) is 12. The van der Waals surface area contributed by atoms with Crippen LogP contribution in [0, 0.1) is 0 Å². The lowest BCUT2D eigenvalue weighted by atomic mass is 9.84. The fourth-order valence-electron chi connectivity index (χ4n) is 3.87. The van der Waals surface area contributed by atoms with E-state index in [9.17, 15) is 0 Å². The lowest BCUT2D eigenvalue weighted by Crippen LogP contribution is -2.39. The quantitative estimate of drug-likeness (QED) is 0.256. The van der Waals surface area contributed by atoms with E-state index in [4.69, 9.17) is 5.73 Å². The second kappa shape index (κ2) is 16.8. The molecular formula is C22H47N. The maximum Gasteiger partial charge on any atom is 0.0154 e. The van der Waals surface area contributed by atoms with Crippen molar-refractivity contribution in [3.8, 4) is 0 Å². The second-order valence-corrected chi connectivity index (χ2v) is 7.86. The largest absolute Gasteiger partial charge is 0.325 e. The van der Waals surface area contributed by atoms with E-state index in [-0.39, 0.29) is 5.54 Å². The Labute approximate surface area is 148 Å². The molecule has 0 aromatic rings. The first-order chi connectivity index (χ1) is 11.2. The summed E-state index contributed by atoms with van der Waals surface area (Å²) in [6.07, 6.45) is 24.7. The van der Waals surface area contributed by atoms with E-state index >= 15 is 0 Å². The molecule has 23 heavy (non-hydrogen) atoms. The van der Waals surface area contributed by atoms with Crippen LogP contribution in [0.4, 0.5) is 0 Å². The number of hydrogen-bond donors (Lipinski definition) is 1. The van der Waals surface area contributed by atoms with Crippen LogP contribution in [0.25, 0.3) is 0 Å². The molecule has 140 valence electrons. The van der Waals surface area contributed by atoms with Crippen LogP contribution in [0.15, 0.2) is 0 Å². The van der Waals surface area contributed by atoms with Crippen molar-refractivity contribution in [1.29, 1.82) is 0 Å². The van der Waals surface area contributed by atoms with Gasteiger partial charge in [0.05, 0.1) is 0 Å². The zero-order chi connectivity index (χ0) is 17.2. The third-order valence-corrected chi connectivity index (χ3v) is 5.27. The maximum atomic E-state index is 6.56. The highest BCUT2D eigenvalue weighted by Crippen LogP contribution is 2.24. The summed E-state index contributed by atoms with van der Waals surface area (Å²) >= 11 is 0. The van der Waals surface area contributed by atoms with Crippen LogP contribution in [0.1, 0.15) is 136 Å². The summed E-state index contributed by atoms with van der Waals surface area (Å²) in [7, 11) is 0. The van der Waals surface area contributed by atoms with Crippen molar-refractivity contribution >= 4 is 0 Å². The Kier molecular flexibility index (Phi) is 16.8. The van der Waals surface area contributed by atoms with Crippen LogP contribution in [0.2, 0.25) is 0 Å². The highest BCUT2D eigenvalue weighted by Gasteiger charge is 2.21. The summed E-state index contributed by atoms with van der Waals surface area (Å²) in [4.78, 5) is 0. The van der Waals surface area contributed by atoms with Gasteiger partial charge < -0.3 is 5.73 Å². The summed E-state index contributed by atoms with van der Waals surface area (Å²) in [5, 5.41) is 0. The van der Waals surface area contributed by atoms with Gasteiger partial charge in [0.1, 0.15) is 0 Å². The van der Waals surface area contributed by atoms with Gasteiger partial charge in [-0.2, -0.15) is 0 Å². The Hall–Kier alpha value is -0.0400. The Morgan fingerprint density at radius 1 is 0.435 bits per heavy atom. The smallest absolute Gasteiger partial charge is 0.0154 e. The van der Waals surface area contributed by atoms with Gasteiger partial charge >= 0.3 is 0 Å². The Balaban J connectivity index is 3.32. The zero-order valence-electron chi connectivity index (χ0n) is 16.8. The summed E-state index contributed by atoms with van der Waals surface area (Å²) in [5.74, 6) is 0. The Bertz CT molecular complexity index is 218. The molecule has 1 heteroatoms. The first kappa shape index (κ1) is 23.0. The lowest BCUT2D eigenvalue weighted by Gasteiger charge is -2.29. The van der Waals surface area contributed by atoms with Crippen LogP contribution in [-0.2, 0) is 0 Å². The van der Waals surface area contributed by atoms with Gasteiger partial charge in [-0.15, -0.1) is 0 Å². The molecule has 0 spiro atoms. The van der Waals surface area contributed by atoms with Crippen molar-refractivity contribution in [3.05, 3.63) is 0 Å². The highest BCUT2D eigenvalue weighted by atomic mass is 14.7. The van der Waals surface area contributed by atoms with Crippen molar-refractivity contribution in [1.82, 2.24) is 0 Å². The molecule has 0 amide bonds. The maximum absolute atomic E-state index is 6.56. The van der Waals surface area contributed by atoms with Gasteiger partial charge in [-0.05, 0) is 19.3 Å². The van der Waals surface area contributed by atoms with E-state index in [0.29, 0.717) is 0 Å². The van der Waals surface area contributed by atoms with Crippen LogP contribution >= 0.6 is 0 Å². The predicted octanol–water partition coefficient (Wildman–Crippen LogP) is 7.77. The third-order valence-electron chi connectivity index (χ3n) is 5.27. The van der Waals surface area contributed by atoms with Crippen molar-refractivity contribution in [2.24, 2.45) is 5.73 Å². The minimum Gasteiger partial charge on any atom is -0.325 e. The Morgan fingerprint density at radius 3 is 1.13 bits per heavy atom. The zero-order valence-corrected chi connectivity index (χ0v) is 16.8. The lowest BCUT2D eigenvalue weighted by molar-refractivity contribution is 0.320. The fourth-order valence-corrected chi connectivity index (χ4v) is 3.87. The standard InChI is InChI=1S/C22H47N/c1-4-7-8-9-10-11-12-13-14-15-16-17-18-21-22(23,19-5-2)20-6-3/h4-21,23H2,1-3H3. The minimum atomic E-state index is 0.140. The number of nitrogens with two attached hydrogens (primary N) is 1. The molecule has 0 radical (unpaired) electrons. The van der Waals surface area contributed by atoms with Crippen molar-refractivity contribution in [2.75, 3.05) is 0 Å². The summed E-state index contributed by atoms with van der Waals surface area (Å²) in [6.45, 7) is 6.82. The molecule has 0 aliphatic heterocycles. The molecule has 2 N–H and O–H groups in total. The predicted molar refractivity (Wildman–Crippen MR) is 107 cm³/mol. The van der Waals surface area contributed by atoms with Gasteiger partial charge in [0.2, 0.25) is 0 Å². The van der Waals surface area contributed by atoms with Crippen LogP contribution in [-0.4, -0.2) is 5.54 Å². The average Bonchev–Trinajstić information content (AvgIpc) is 2.52. The SMILES string of the molecule is CCCCCCCCCCCCCCCC(N)(CCC)CCC. The van der Waals surface area contributed by atoms with Crippen LogP contribution in [0.3, 0.4) is 0 Å². The molecule has 1 nitrogen and oxygen atoms in total. The summed E-state index contributed by atoms with van der Waals surface area (Å²) in [6, 6.07) is 0. The average molecular weight is 326 g/mol. The molecule has 0 saturated heterocycles. The second-order valence-electron chi connectivity index (χ2n) is 7.86. The molecule has 0 bridgehead atoms. The van der Waals surface area contributed by atoms with Crippen molar-refractivity contribution < 1.29 is 0 Å². The molecule has 0 rings (SSSR count). The molecule has 0 aliphatic carbocycles. The van der Waals surface area contributed by atoms with Gasteiger partial charge in [-0.25, -0.2) is 0 Å². The minimum absolute atomic E-state index is 0.140. The van der Waals surface area contributed by atoms with Crippen LogP contribution in [0.5, 0.6) is 0 Å². The summed E-state index contributed by atoms with van der Waals surface area (Å²) < 4.78 is 0. The summed E-state index contributed by atoms with van der Waals surface area (Å²) in [5.41, 5.74) is 6.70. The van der Waals surface area contributed by atoms with Crippen molar-refractivity contribution in [2.45, 2.75) is 142 Å². The fraction of sp³-hybridized carbons (Fsp3) is 1.00. The first-order valence-corrected chi connectivity index (χ1v) is 11.0. The Morgan fingerprint density at radius 2 is 0.783 bits per heavy atom. The van der Waals surface area contributed by atoms with Gasteiger partial charge in [-0.3, -0.25) is 0 Å². The molecule has 0 aliphatic rings. The van der Waals surface area contributed by atoms with Crippen LogP contribution < -0.4 is 5.73 Å². The van der Waals surface area contributed by atoms with E-state index < -0.39 is 0 Å².